The molecule has 0 saturated carbocycles. The summed E-state index contributed by atoms with van der Waals surface area (Å²) in [5.74, 6) is -1.18. The van der Waals surface area contributed by atoms with Crippen molar-refractivity contribution in [2.45, 2.75) is 50.2 Å². The molecule has 8 heteroatoms. The van der Waals surface area contributed by atoms with Gasteiger partial charge in [-0.2, -0.15) is 0 Å². The van der Waals surface area contributed by atoms with Crippen LogP contribution in [0.25, 0.3) is 22.3 Å². The van der Waals surface area contributed by atoms with E-state index in [0.717, 1.165) is 37.4 Å². The summed E-state index contributed by atoms with van der Waals surface area (Å²) in [6, 6.07) is 9.38. The molecule has 0 radical (unpaired) electrons. The number of carbonyl (C=O) groups is 1. The number of aromatic nitrogens is 3. The first-order valence-electron chi connectivity index (χ1n) is 10.2. The van der Waals surface area contributed by atoms with Crippen LogP contribution in [0.5, 0.6) is 0 Å². The molecule has 2 atom stereocenters. The number of rotatable bonds is 3. The van der Waals surface area contributed by atoms with E-state index in [4.69, 9.17) is 0 Å². The lowest BCUT2D eigenvalue weighted by Gasteiger charge is -2.41. The lowest BCUT2D eigenvalue weighted by atomic mass is 9.83. The van der Waals surface area contributed by atoms with Gasteiger partial charge in [-0.15, -0.1) is 0 Å². The van der Waals surface area contributed by atoms with Crippen LogP contribution in [0.3, 0.4) is 0 Å². The standard InChI is InChI=1S/C22H22N4O4/c27-20-16(8-12(11-23-20)22(29)30)19-21(28)26(18-7-2-1-6-17(18)25-19)15-9-13-4-3-5-14(10-15)24-13/h1-2,6-8,11,13-15,24H,3-5,9-10H2,(H,23,27)(H,29,30). The van der Waals surface area contributed by atoms with Gasteiger partial charge in [-0.25, -0.2) is 9.78 Å². The van der Waals surface area contributed by atoms with E-state index in [1.807, 2.05) is 24.3 Å². The zero-order valence-corrected chi connectivity index (χ0v) is 16.3. The molecule has 2 saturated heterocycles. The average Bonchev–Trinajstić information content (AvgIpc) is 2.73. The number of aromatic amines is 1. The van der Waals surface area contributed by atoms with Crippen molar-refractivity contribution in [1.29, 1.82) is 0 Å². The Morgan fingerprint density at radius 1 is 1.13 bits per heavy atom. The Bertz CT molecular complexity index is 1250. The van der Waals surface area contributed by atoms with E-state index in [1.54, 1.807) is 4.57 Å². The van der Waals surface area contributed by atoms with Gasteiger partial charge >= 0.3 is 5.97 Å². The number of para-hydroxylation sites is 2. The number of carboxylic acid groups (broad SMARTS) is 1. The van der Waals surface area contributed by atoms with Crippen LogP contribution >= 0.6 is 0 Å². The van der Waals surface area contributed by atoms with Gasteiger partial charge in [0, 0.05) is 24.3 Å². The van der Waals surface area contributed by atoms with Gasteiger partial charge < -0.3 is 20.0 Å². The molecule has 0 aliphatic carbocycles. The maximum absolute atomic E-state index is 13.6. The van der Waals surface area contributed by atoms with Crippen molar-refractivity contribution in [3.05, 3.63) is 62.8 Å². The number of fused-ring (bicyclic) bond motifs is 3. The molecule has 0 amide bonds. The second-order valence-electron chi connectivity index (χ2n) is 8.18. The first kappa shape index (κ1) is 18.7. The van der Waals surface area contributed by atoms with Crippen LogP contribution in [0.2, 0.25) is 0 Å². The highest BCUT2D eigenvalue weighted by Crippen LogP contribution is 2.33. The van der Waals surface area contributed by atoms with Crippen LogP contribution in [0, 0.1) is 0 Å². The Morgan fingerprint density at radius 3 is 2.60 bits per heavy atom. The topological polar surface area (TPSA) is 117 Å². The number of piperidine rings is 2. The molecule has 2 aliphatic heterocycles. The monoisotopic (exact) mass is 406 g/mol. The van der Waals surface area contributed by atoms with E-state index < -0.39 is 11.5 Å². The number of hydrogen-bond acceptors (Lipinski definition) is 5. The van der Waals surface area contributed by atoms with Gasteiger partial charge in [-0.1, -0.05) is 18.6 Å². The Labute approximate surface area is 171 Å². The molecule has 4 heterocycles. The van der Waals surface area contributed by atoms with Gasteiger partial charge in [0.1, 0.15) is 5.69 Å². The van der Waals surface area contributed by atoms with Gasteiger partial charge in [-0.05, 0) is 43.9 Å². The van der Waals surface area contributed by atoms with Crippen LogP contribution in [0.15, 0.2) is 46.1 Å². The molecule has 2 fully saturated rings. The predicted octanol–water partition coefficient (Wildman–Crippen LogP) is 2.30. The van der Waals surface area contributed by atoms with E-state index in [1.165, 1.54) is 12.5 Å². The Kier molecular flexibility index (Phi) is 4.51. The molecule has 2 aliphatic rings. The molecular weight excluding hydrogens is 384 g/mol. The minimum atomic E-state index is -1.18. The fourth-order valence-electron chi connectivity index (χ4n) is 4.92. The van der Waals surface area contributed by atoms with Crippen molar-refractivity contribution in [1.82, 2.24) is 19.9 Å². The van der Waals surface area contributed by atoms with E-state index in [2.05, 4.69) is 15.3 Å². The Balaban J connectivity index is 1.73. The van der Waals surface area contributed by atoms with E-state index in [-0.39, 0.29) is 28.4 Å². The third kappa shape index (κ3) is 3.13. The molecule has 0 spiro atoms. The molecular formula is C22H22N4O4. The second-order valence-corrected chi connectivity index (χ2v) is 8.18. The van der Waals surface area contributed by atoms with Crippen LogP contribution in [-0.2, 0) is 0 Å². The van der Waals surface area contributed by atoms with E-state index in [9.17, 15) is 19.5 Å². The van der Waals surface area contributed by atoms with Gasteiger partial charge in [0.25, 0.3) is 11.1 Å². The zero-order chi connectivity index (χ0) is 20.8. The predicted molar refractivity (Wildman–Crippen MR) is 112 cm³/mol. The van der Waals surface area contributed by atoms with Crippen molar-refractivity contribution < 1.29 is 9.90 Å². The van der Waals surface area contributed by atoms with E-state index in [0.29, 0.717) is 17.6 Å². The Hall–Kier alpha value is -3.26. The molecule has 2 unspecified atom stereocenters. The molecule has 8 nitrogen and oxygen atoms in total. The average molecular weight is 406 g/mol. The lowest BCUT2D eigenvalue weighted by Crippen LogP contribution is -2.50. The van der Waals surface area contributed by atoms with Crippen LogP contribution in [-0.4, -0.2) is 37.7 Å². The summed E-state index contributed by atoms with van der Waals surface area (Å²) in [5.41, 5.74) is 0.329. The molecule has 3 aromatic rings. The van der Waals surface area contributed by atoms with Crippen molar-refractivity contribution in [2.24, 2.45) is 0 Å². The molecule has 5 rings (SSSR count). The molecule has 30 heavy (non-hydrogen) atoms. The van der Waals surface area contributed by atoms with Crippen molar-refractivity contribution in [2.75, 3.05) is 0 Å². The highest BCUT2D eigenvalue weighted by Gasteiger charge is 2.33. The lowest BCUT2D eigenvalue weighted by molar-refractivity contribution is 0.0696. The molecule has 154 valence electrons. The van der Waals surface area contributed by atoms with Crippen LogP contribution < -0.4 is 16.4 Å². The normalized spacial score (nSPS) is 23.4. The number of pyridine rings is 1. The second kappa shape index (κ2) is 7.21. The number of carboxylic acids is 1. The van der Waals surface area contributed by atoms with E-state index >= 15 is 0 Å². The Morgan fingerprint density at radius 2 is 1.87 bits per heavy atom. The zero-order valence-electron chi connectivity index (χ0n) is 16.3. The third-order valence-corrected chi connectivity index (χ3v) is 6.26. The molecule has 2 bridgehead atoms. The highest BCUT2D eigenvalue weighted by atomic mass is 16.4. The summed E-state index contributed by atoms with van der Waals surface area (Å²) >= 11 is 0. The SMILES string of the molecule is O=C(O)c1c[nH]c(=O)c(-c2nc3ccccc3n(C3CC4CCCC(C3)N4)c2=O)c1. The highest BCUT2D eigenvalue weighted by molar-refractivity contribution is 5.89. The summed E-state index contributed by atoms with van der Waals surface area (Å²) in [6.45, 7) is 0. The van der Waals surface area contributed by atoms with Crippen molar-refractivity contribution in [3.63, 3.8) is 0 Å². The fraction of sp³-hybridized carbons (Fsp3) is 0.364. The van der Waals surface area contributed by atoms with Gasteiger partial charge in [-0.3, -0.25) is 9.59 Å². The molecule has 3 N–H and O–H groups in total. The summed E-state index contributed by atoms with van der Waals surface area (Å²) in [5, 5.41) is 12.9. The van der Waals surface area contributed by atoms with Crippen LogP contribution in [0.4, 0.5) is 0 Å². The maximum Gasteiger partial charge on any atom is 0.337 e. The van der Waals surface area contributed by atoms with Gasteiger partial charge in [0.05, 0.1) is 22.2 Å². The third-order valence-electron chi connectivity index (χ3n) is 6.26. The number of benzene rings is 1. The molecule has 1 aromatic carbocycles. The summed E-state index contributed by atoms with van der Waals surface area (Å²) in [4.78, 5) is 44.4. The maximum atomic E-state index is 13.6. The number of nitrogens with one attached hydrogen (secondary N) is 2. The first-order valence-corrected chi connectivity index (χ1v) is 10.2. The van der Waals surface area contributed by atoms with Gasteiger partial charge in [0.15, 0.2) is 0 Å². The van der Waals surface area contributed by atoms with Crippen molar-refractivity contribution in [3.8, 4) is 11.3 Å². The first-order chi connectivity index (χ1) is 14.5. The number of hydrogen-bond donors (Lipinski definition) is 3. The summed E-state index contributed by atoms with van der Waals surface area (Å²) in [7, 11) is 0. The largest absolute Gasteiger partial charge is 0.478 e. The van der Waals surface area contributed by atoms with Gasteiger partial charge in [0.2, 0.25) is 0 Å². The summed E-state index contributed by atoms with van der Waals surface area (Å²) < 4.78 is 1.77. The minimum Gasteiger partial charge on any atom is -0.478 e. The fourth-order valence-corrected chi connectivity index (χ4v) is 4.92. The smallest absolute Gasteiger partial charge is 0.337 e. The number of nitrogens with zero attached hydrogens (tertiary/aromatic N) is 2. The van der Waals surface area contributed by atoms with Crippen molar-refractivity contribution >= 4 is 17.0 Å². The number of H-pyrrole nitrogens is 1. The van der Waals surface area contributed by atoms with Crippen LogP contribution in [0.1, 0.15) is 48.5 Å². The number of aromatic carboxylic acids is 1. The molecule has 2 aromatic heterocycles. The minimum absolute atomic E-state index is 0.00226. The summed E-state index contributed by atoms with van der Waals surface area (Å²) in [6.07, 6.45) is 6.20. The quantitative estimate of drug-likeness (QED) is 0.614.